The second-order valence-corrected chi connectivity index (χ2v) is 3.54. The summed E-state index contributed by atoms with van der Waals surface area (Å²) in [6.07, 6.45) is 1.94. The van der Waals surface area contributed by atoms with Gasteiger partial charge in [0, 0.05) is 0 Å². The lowest BCUT2D eigenvalue weighted by molar-refractivity contribution is 0.311. The quantitative estimate of drug-likeness (QED) is 0.808. The molecule has 0 spiro atoms. The molecule has 2 rings (SSSR count). The number of fused-ring (bicyclic) bond motifs is 1. The Morgan fingerprint density at radius 1 is 1.29 bits per heavy atom. The maximum atomic E-state index is 11.1. The summed E-state index contributed by atoms with van der Waals surface area (Å²) < 4.78 is 10.7. The lowest BCUT2D eigenvalue weighted by Gasteiger charge is -2.13. The minimum absolute atomic E-state index is 0.418. The highest BCUT2D eigenvalue weighted by Gasteiger charge is 2.15. The van der Waals surface area contributed by atoms with Gasteiger partial charge in [0.05, 0.1) is 19.3 Å². The Hall–Kier alpha value is -2.03. The minimum atomic E-state index is 0.418. The van der Waals surface area contributed by atoms with E-state index in [2.05, 4.69) is 0 Å². The summed E-state index contributed by atoms with van der Waals surface area (Å²) in [4.78, 5) is 11.1. The first kappa shape index (κ1) is 11.5. The van der Waals surface area contributed by atoms with Crippen LogP contribution in [0.3, 0.4) is 0 Å². The number of benzene rings is 2. The first-order valence-electron chi connectivity index (χ1n) is 5.42. The maximum Gasteiger partial charge on any atom is 0.238 e. The van der Waals surface area contributed by atoms with Crippen LogP contribution in [0.1, 0.15) is 12.5 Å². The summed E-state index contributed by atoms with van der Waals surface area (Å²) in [5.74, 6) is 1.02. The Kier molecular flexibility index (Phi) is 3.28. The Morgan fingerprint density at radius 3 is 2.71 bits per heavy atom. The third-order valence-electron chi connectivity index (χ3n) is 2.58. The van der Waals surface area contributed by atoms with Gasteiger partial charge in [0.15, 0.2) is 11.5 Å². The normalized spacial score (nSPS) is 10.2. The molecule has 0 aromatic heterocycles. The molecule has 0 fully saturated rings. The third-order valence-corrected chi connectivity index (χ3v) is 2.58. The Bertz CT molecular complexity index is 546. The van der Waals surface area contributed by atoms with Gasteiger partial charge >= 0.3 is 0 Å². The Morgan fingerprint density at radius 2 is 2.06 bits per heavy atom. The zero-order chi connectivity index (χ0) is 12.3. The van der Waals surface area contributed by atoms with Crippen molar-refractivity contribution in [2.75, 3.05) is 13.7 Å². The maximum absolute atomic E-state index is 11.1. The van der Waals surface area contributed by atoms with Crippen LogP contribution in [-0.4, -0.2) is 20.0 Å². The molecule has 0 atom stereocenters. The third kappa shape index (κ3) is 1.96. The number of carbonyl (C=O) groups excluding carboxylic acids is 1. The summed E-state index contributed by atoms with van der Waals surface area (Å²) in [7, 11) is 1.56. The number of hydrogen-bond acceptors (Lipinski definition) is 3. The molecular weight excluding hydrogens is 216 g/mol. The zero-order valence-corrected chi connectivity index (χ0v) is 9.82. The number of ether oxygens (including phenoxy) is 2. The van der Waals surface area contributed by atoms with Crippen molar-refractivity contribution in [3.05, 3.63) is 35.9 Å². The first-order chi connectivity index (χ1) is 8.31. The van der Waals surface area contributed by atoms with E-state index in [4.69, 9.17) is 9.47 Å². The second-order valence-electron chi connectivity index (χ2n) is 3.54. The van der Waals surface area contributed by atoms with Crippen molar-refractivity contribution in [2.45, 2.75) is 6.92 Å². The van der Waals surface area contributed by atoms with Crippen LogP contribution in [0.4, 0.5) is 0 Å². The lowest BCUT2D eigenvalue weighted by atomic mass is 10.0. The molecule has 0 heterocycles. The van der Waals surface area contributed by atoms with Crippen molar-refractivity contribution >= 4 is 17.1 Å². The largest absolute Gasteiger partial charge is 0.493 e. The smallest absolute Gasteiger partial charge is 0.238 e. The van der Waals surface area contributed by atoms with E-state index in [1.54, 1.807) is 7.11 Å². The van der Waals surface area contributed by atoms with E-state index in [-0.39, 0.29) is 0 Å². The van der Waals surface area contributed by atoms with Crippen molar-refractivity contribution in [1.82, 2.24) is 0 Å². The van der Waals surface area contributed by atoms with Crippen LogP contribution in [0.15, 0.2) is 30.3 Å². The molecule has 1 radical (unpaired) electrons. The van der Waals surface area contributed by atoms with Crippen LogP contribution in [0, 0.1) is 0 Å². The van der Waals surface area contributed by atoms with Gasteiger partial charge in [-0.2, -0.15) is 0 Å². The van der Waals surface area contributed by atoms with E-state index >= 15 is 0 Å². The van der Waals surface area contributed by atoms with Crippen LogP contribution in [0.2, 0.25) is 0 Å². The van der Waals surface area contributed by atoms with Gasteiger partial charge < -0.3 is 9.47 Å². The van der Waals surface area contributed by atoms with Crippen LogP contribution >= 0.6 is 0 Å². The van der Waals surface area contributed by atoms with Gasteiger partial charge in [-0.1, -0.05) is 24.3 Å². The standard InChI is InChI=1S/C14H13O3/c1-3-17-14-12(9-15)11-7-5-4-6-10(11)8-13(14)16-2/h4-8H,3H2,1-2H3. The molecule has 2 aromatic rings. The highest BCUT2D eigenvalue weighted by molar-refractivity contribution is 6.02. The molecule has 0 N–H and O–H groups in total. The zero-order valence-electron chi connectivity index (χ0n) is 9.82. The molecule has 2 aromatic carbocycles. The van der Waals surface area contributed by atoms with Crippen molar-refractivity contribution in [1.29, 1.82) is 0 Å². The van der Waals surface area contributed by atoms with Crippen molar-refractivity contribution in [3.8, 4) is 11.5 Å². The molecule has 17 heavy (non-hydrogen) atoms. The van der Waals surface area contributed by atoms with Gasteiger partial charge in [-0.05, 0) is 23.8 Å². The highest BCUT2D eigenvalue weighted by Crippen LogP contribution is 2.36. The van der Waals surface area contributed by atoms with E-state index in [0.29, 0.717) is 23.7 Å². The number of rotatable bonds is 4. The fourth-order valence-corrected chi connectivity index (χ4v) is 1.84. The van der Waals surface area contributed by atoms with Gasteiger partial charge in [-0.15, -0.1) is 0 Å². The van der Waals surface area contributed by atoms with Crippen molar-refractivity contribution in [3.63, 3.8) is 0 Å². The van der Waals surface area contributed by atoms with Gasteiger partial charge in [-0.3, -0.25) is 4.79 Å². The molecule has 0 bridgehead atoms. The molecule has 0 unspecified atom stereocenters. The van der Waals surface area contributed by atoms with Crippen LogP contribution in [0.5, 0.6) is 11.5 Å². The number of methoxy groups -OCH3 is 1. The van der Waals surface area contributed by atoms with Crippen LogP contribution in [-0.2, 0) is 4.79 Å². The fraction of sp³-hybridized carbons (Fsp3) is 0.214. The predicted octanol–water partition coefficient (Wildman–Crippen LogP) is 2.70. The van der Waals surface area contributed by atoms with E-state index < -0.39 is 0 Å². The average molecular weight is 229 g/mol. The summed E-state index contributed by atoms with van der Waals surface area (Å²) in [5.41, 5.74) is 0.418. The molecule has 0 saturated carbocycles. The molecule has 3 nitrogen and oxygen atoms in total. The summed E-state index contributed by atoms with van der Waals surface area (Å²) >= 11 is 0. The lowest BCUT2D eigenvalue weighted by Crippen LogP contribution is -2.00. The van der Waals surface area contributed by atoms with Crippen molar-refractivity contribution in [2.24, 2.45) is 0 Å². The molecule has 0 aliphatic rings. The Labute approximate surface area is 100.0 Å². The molecule has 0 aliphatic heterocycles. The minimum Gasteiger partial charge on any atom is -0.493 e. The molecule has 87 valence electrons. The molecule has 0 aliphatic carbocycles. The van der Waals surface area contributed by atoms with Gasteiger partial charge in [0.2, 0.25) is 6.29 Å². The van der Waals surface area contributed by atoms with E-state index in [1.165, 1.54) is 0 Å². The van der Waals surface area contributed by atoms with E-state index in [0.717, 1.165) is 10.8 Å². The average Bonchev–Trinajstić information content (AvgIpc) is 2.38. The second kappa shape index (κ2) is 4.87. The van der Waals surface area contributed by atoms with Gasteiger partial charge in [0.1, 0.15) is 0 Å². The van der Waals surface area contributed by atoms with Gasteiger partial charge in [-0.25, -0.2) is 0 Å². The molecule has 0 amide bonds. The fourth-order valence-electron chi connectivity index (χ4n) is 1.84. The van der Waals surface area contributed by atoms with Crippen LogP contribution in [0.25, 0.3) is 10.8 Å². The summed E-state index contributed by atoms with van der Waals surface area (Å²) in [6.45, 7) is 2.34. The van der Waals surface area contributed by atoms with Crippen molar-refractivity contribution < 1.29 is 14.3 Å². The molecule has 3 heteroatoms. The summed E-state index contributed by atoms with van der Waals surface area (Å²) in [5, 5.41) is 1.76. The van der Waals surface area contributed by atoms with Crippen LogP contribution < -0.4 is 9.47 Å². The topological polar surface area (TPSA) is 35.5 Å². The predicted molar refractivity (Wildman–Crippen MR) is 66.5 cm³/mol. The van der Waals surface area contributed by atoms with E-state index in [1.807, 2.05) is 43.5 Å². The SMILES string of the molecule is CCOc1c(OC)cc2ccccc2c1[C]=O. The summed E-state index contributed by atoms with van der Waals surface area (Å²) in [6, 6.07) is 9.45. The number of hydrogen-bond donors (Lipinski definition) is 0. The highest BCUT2D eigenvalue weighted by atomic mass is 16.5. The monoisotopic (exact) mass is 229 g/mol. The van der Waals surface area contributed by atoms with Gasteiger partial charge in [0.25, 0.3) is 0 Å². The molecular formula is C14H13O3. The Balaban J connectivity index is 2.79. The first-order valence-corrected chi connectivity index (χ1v) is 5.42. The van der Waals surface area contributed by atoms with E-state index in [9.17, 15) is 4.79 Å². The molecule has 0 saturated heterocycles.